The van der Waals surface area contributed by atoms with E-state index in [4.69, 9.17) is 4.74 Å². The Kier molecular flexibility index (Phi) is 5.25. The van der Waals surface area contributed by atoms with Crippen LogP contribution in [0.4, 0.5) is 4.39 Å². The molecule has 122 valence electrons. The summed E-state index contributed by atoms with van der Waals surface area (Å²) in [6.07, 6.45) is 1.46. The highest BCUT2D eigenvalue weighted by atomic mass is 19.1. The number of benzene rings is 1. The number of ether oxygens (including phenoxy) is 1. The van der Waals surface area contributed by atoms with Gasteiger partial charge in [-0.2, -0.15) is 0 Å². The van der Waals surface area contributed by atoms with Gasteiger partial charge in [-0.3, -0.25) is 4.79 Å². The summed E-state index contributed by atoms with van der Waals surface area (Å²) in [6, 6.07) is 0. The third-order valence-corrected chi connectivity index (χ3v) is 5.50. The molecule has 0 unspecified atom stereocenters. The summed E-state index contributed by atoms with van der Waals surface area (Å²) in [5.74, 6) is -0.290. The standard InChI is InChI=1S/C19H27FO2/c1-11-12(2)14(4)18(15(5)13(11)3)10-22-19(21)16-6-8-17(20)9-7-16/h16-17H,6-10H2,1-5H3. The summed E-state index contributed by atoms with van der Waals surface area (Å²) in [4.78, 5) is 12.2. The van der Waals surface area contributed by atoms with E-state index in [2.05, 4.69) is 34.6 Å². The van der Waals surface area contributed by atoms with Crippen molar-refractivity contribution in [2.45, 2.75) is 73.1 Å². The molecule has 0 aliphatic heterocycles. The van der Waals surface area contributed by atoms with Crippen molar-refractivity contribution in [2.24, 2.45) is 5.92 Å². The van der Waals surface area contributed by atoms with Crippen LogP contribution in [0.2, 0.25) is 0 Å². The van der Waals surface area contributed by atoms with E-state index in [1.165, 1.54) is 27.8 Å². The van der Waals surface area contributed by atoms with Gasteiger partial charge in [-0.25, -0.2) is 4.39 Å². The molecular weight excluding hydrogens is 279 g/mol. The summed E-state index contributed by atoms with van der Waals surface area (Å²) < 4.78 is 18.7. The highest BCUT2D eigenvalue weighted by molar-refractivity contribution is 5.72. The second-order valence-corrected chi connectivity index (χ2v) is 6.66. The number of carbonyl (C=O) groups excluding carboxylic acids is 1. The van der Waals surface area contributed by atoms with Gasteiger partial charge in [-0.15, -0.1) is 0 Å². The minimum atomic E-state index is -0.740. The van der Waals surface area contributed by atoms with Gasteiger partial charge in [0.05, 0.1) is 5.92 Å². The Bertz CT molecular complexity index is 540. The Morgan fingerprint density at radius 3 is 1.86 bits per heavy atom. The highest BCUT2D eigenvalue weighted by Gasteiger charge is 2.27. The van der Waals surface area contributed by atoms with E-state index in [0.717, 1.165) is 5.56 Å². The maximum absolute atomic E-state index is 13.2. The first-order chi connectivity index (χ1) is 10.3. The fourth-order valence-corrected chi connectivity index (χ4v) is 3.34. The average molecular weight is 306 g/mol. The van der Waals surface area contributed by atoms with E-state index in [0.29, 0.717) is 32.3 Å². The van der Waals surface area contributed by atoms with Crippen molar-refractivity contribution in [3.05, 3.63) is 33.4 Å². The Labute approximate surface area is 133 Å². The number of rotatable bonds is 3. The normalized spacial score (nSPS) is 21.7. The molecule has 0 saturated heterocycles. The van der Waals surface area contributed by atoms with Gasteiger partial charge in [0.1, 0.15) is 12.8 Å². The van der Waals surface area contributed by atoms with Crippen LogP contribution >= 0.6 is 0 Å². The molecule has 1 aromatic carbocycles. The van der Waals surface area contributed by atoms with Crippen LogP contribution in [0.15, 0.2) is 0 Å². The van der Waals surface area contributed by atoms with E-state index in [-0.39, 0.29) is 11.9 Å². The van der Waals surface area contributed by atoms with Gasteiger partial charge in [0.15, 0.2) is 0 Å². The molecule has 0 bridgehead atoms. The van der Waals surface area contributed by atoms with E-state index >= 15 is 0 Å². The number of esters is 1. The van der Waals surface area contributed by atoms with Crippen LogP contribution in [0, 0.1) is 40.5 Å². The van der Waals surface area contributed by atoms with Gasteiger partial charge < -0.3 is 4.74 Å². The Balaban J connectivity index is 2.07. The lowest BCUT2D eigenvalue weighted by atomic mass is 9.88. The highest BCUT2D eigenvalue weighted by Crippen LogP contribution is 2.29. The minimum Gasteiger partial charge on any atom is -0.461 e. The zero-order valence-corrected chi connectivity index (χ0v) is 14.4. The second kappa shape index (κ2) is 6.80. The number of carbonyl (C=O) groups is 1. The molecule has 2 rings (SSSR count). The molecular formula is C19H27FO2. The first-order valence-electron chi connectivity index (χ1n) is 8.19. The Morgan fingerprint density at radius 2 is 1.36 bits per heavy atom. The van der Waals surface area contributed by atoms with Crippen molar-refractivity contribution in [2.75, 3.05) is 0 Å². The molecule has 1 saturated carbocycles. The largest absolute Gasteiger partial charge is 0.461 e. The van der Waals surface area contributed by atoms with E-state index in [9.17, 15) is 9.18 Å². The Morgan fingerprint density at radius 1 is 0.909 bits per heavy atom. The second-order valence-electron chi connectivity index (χ2n) is 6.66. The molecule has 0 aromatic heterocycles. The summed E-state index contributed by atoms with van der Waals surface area (Å²) in [5, 5.41) is 0. The Hall–Kier alpha value is -1.38. The van der Waals surface area contributed by atoms with Crippen LogP contribution in [0.3, 0.4) is 0 Å². The number of hydrogen-bond acceptors (Lipinski definition) is 2. The van der Waals surface area contributed by atoms with Gasteiger partial charge >= 0.3 is 5.97 Å². The van der Waals surface area contributed by atoms with Crippen LogP contribution in [0.25, 0.3) is 0 Å². The zero-order chi connectivity index (χ0) is 16.4. The number of alkyl halides is 1. The zero-order valence-electron chi connectivity index (χ0n) is 14.4. The minimum absolute atomic E-state index is 0.125. The number of halogens is 1. The molecule has 1 aliphatic carbocycles. The van der Waals surface area contributed by atoms with Crippen LogP contribution < -0.4 is 0 Å². The lowest BCUT2D eigenvalue weighted by Crippen LogP contribution is -2.24. The van der Waals surface area contributed by atoms with Gasteiger partial charge in [-0.05, 0) is 93.7 Å². The molecule has 1 aromatic rings. The molecule has 0 radical (unpaired) electrons. The van der Waals surface area contributed by atoms with E-state index in [1.807, 2.05) is 0 Å². The molecule has 0 spiro atoms. The summed E-state index contributed by atoms with van der Waals surface area (Å²) in [7, 11) is 0. The molecule has 2 nitrogen and oxygen atoms in total. The van der Waals surface area contributed by atoms with Crippen molar-refractivity contribution < 1.29 is 13.9 Å². The maximum Gasteiger partial charge on any atom is 0.309 e. The lowest BCUT2D eigenvalue weighted by Gasteiger charge is -2.23. The SMILES string of the molecule is Cc1c(C)c(C)c(COC(=O)C2CCC(F)CC2)c(C)c1C. The molecule has 22 heavy (non-hydrogen) atoms. The fraction of sp³-hybridized carbons (Fsp3) is 0.632. The summed E-state index contributed by atoms with van der Waals surface area (Å²) in [5.41, 5.74) is 7.39. The predicted octanol–water partition coefficient (Wildman–Crippen LogP) is 4.80. The number of hydrogen-bond donors (Lipinski definition) is 0. The van der Waals surface area contributed by atoms with Crippen molar-refractivity contribution in [1.29, 1.82) is 0 Å². The molecule has 0 N–H and O–H groups in total. The first kappa shape index (κ1) is 17.0. The van der Waals surface area contributed by atoms with Crippen LogP contribution in [-0.4, -0.2) is 12.1 Å². The molecule has 0 atom stereocenters. The predicted molar refractivity (Wildman–Crippen MR) is 86.8 cm³/mol. The molecule has 3 heteroatoms. The molecule has 0 heterocycles. The van der Waals surface area contributed by atoms with Gasteiger partial charge in [0.2, 0.25) is 0 Å². The van der Waals surface area contributed by atoms with Crippen LogP contribution in [0.1, 0.15) is 59.1 Å². The smallest absolute Gasteiger partial charge is 0.309 e. The van der Waals surface area contributed by atoms with Crippen molar-refractivity contribution >= 4 is 5.97 Å². The monoisotopic (exact) mass is 306 g/mol. The molecule has 0 amide bonds. The van der Waals surface area contributed by atoms with Gasteiger partial charge in [-0.1, -0.05) is 0 Å². The lowest BCUT2D eigenvalue weighted by molar-refractivity contribution is -0.151. The van der Waals surface area contributed by atoms with Crippen LogP contribution in [-0.2, 0) is 16.1 Å². The van der Waals surface area contributed by atoms with Gasteiger partial charge in [0, 0.05) is 0 Å². The molecule has 1 aliphatic rings. The van der Waals surface area contributed by atoms with Crippen molar-refractivity contribution in [3.63, 3.8) is 0 Å². The third kappa shape index (κ3) is 3.34. The van der Waals surface area contributed by atoms with Crippen LogP contribution in [0.5, 0.6) is 0 Å². The first-order valence-corrected chi connectivity index (χ1v) is 8.19. The quantitative estimate of drug-likeness (QED) is 0.750. The van der Waals surface area contributed by atoms with Gasteiger partial charge in [0.25, 0.3) is 0 Å². The fourth-order valence-electron chi connectivity index (χ4n) is 3.34. The maximum atomic E-state index is 13.2. The average Bonchev–Trinajstić information content (AvgIpc) is 2.51. The van der Waals surface area contributed by atoms with E-state index < -0.39 is 6.17 Å². The summed E-state index contributed by atoms with van der Waals surface area (Å²) >= 11 is 0. The summed E-state index contributed by atoms with van der Waals surface area (Å²) in [6.45, 7) is 10.9. The van der Waals surface area contributed by atoms with E-state index in [1.54, 1.807) is 0 Å². The molecule has 1 fully saturated rings. The van der Waals surface area contributed by atoms with Crippen molar-refractivity contribution in [3.8, 4) is 0 Å². The topological polar surface area (TPSA) is 26.3 Å². The van der Waals surface area contributed by atoms with Crippen molar-refractivity contribution in [1.82, 2.24) is 0 Å². The third-order valence-electron chi connectivity index (χ3n) is 5.50.